The predicted molar refractivity (Wildman–Crippen MR) is 90.6 cm³/mol. The molecule has 1 heterocycles. The quantitative estimate of drug-likeness (QED) is 0.826. The van der Waals surface area contributed by atoms with Gasteiger partial charge >= 0.3 is 0 Å². The molecule has 5 nitrogen and oxygen atoms in total. The van der Waals surface area contributed by atoms with Gasteiger partial charge in [0, 0.05) is 18.2 Å². The van der Waals surface area contributed by atoms with E-state index in [9.17, 15) is 4.79 Å². The number of benzene rings is 1. The first-order valence-electron chi connectivity index (χ1n) is 8.35. The molecular formula is C17H23ClN2O3. The van der Waals surface area contributed by atoms with Crippen molar-refractivity contribution in [3.8, 4) is 11.5 Å². The molecule has 0 spiro atoms. The molecule has 1 fully saturated rings. The zero-order chi connectivity index (χ0) is 16.1. The van der Waals surface area contributed by atoms with Gasteiger partial charge in [-0.15, -0.1) is 0 Å². The molecule has 0 radical (unpaired) electrons. The summed E-state index contributed by atoms with van der Waals surface area (Å²) in [7, 11) is 0. The number of anilines is 1. The van der Waals surface area contributed by atoms with Crippen LogP contribution in [0.4, 0.5) is 5.69 Å². The van der Waals surface area contributed by atoms with Crippen LogP contribution in [-0.4, -0.2) is 31.7 Å². The average Bonchev–Trinajstić information content (AvgIpc) is 2.81. The second-order valence-electron chi connectivity index (χ2n) is 6.09. The van der Waals surface area contributed by atoms with Crippen molar-refractivity contribution in [1.29, 1.82) is 0 Å². The summed E-state index contributed by atoms with van der Waals surface area (Å²) in [5.41, 5.74) is 0.687. The third kappa shape index (κ3) is 4.44. The first kappa shape index (κ1) is 16.2. The SMILES string of the molecule is O=C(CNc1cc2c(cc1Cl)OCCO2)NC1CCCCCC1. The summed E-state index contributed by atoms with van der Waals surface area (Å²) in [5, 5.41) is 6.72. The standard InChI is InChI=1S/C17H23ClN2O3/c18-13-9-15-16(23-8-7-22-15)10-14(13)19-11-17(21)20-12-5-3-1-2-4-6-12/h9-10,12,19H,1-8,11H2,(H,20,21). The van der Waals surface area contributed by atoms with Crippen molar-refractivity contribution in [3.63, 3.8) is 0 Å². The van der Waals surface area contributed by atoms with Crippen LogP contribution in [0.3, 0.4) is 0 Å². The number of carbonyl (C=O) groups is 1. The van der Waals surface area contributed by atoms with Gasteiger partial charge in [0.05, 0.1) is 17.3 Å². The molecule has 1 amide bonds. The lowest BCUT2D eigenvalue weighted by Crippen LogP contribution is -2.38. The number of ether oxygens (including phenoxy) is 2. The van der Waals surface area contributed by atoms with E-state index in [1.807, 2.05) is 0 Å². The van der Waals surface area contributed by atoms with E-state index in [-0.39, 0.29) is 12.5 Å². The highest BCUT2D eigenvalue weighted by Crippen LogP contribution is 2.37. The van der Waals surface area contributed by atoms with E-state index in [2.05, 4.69) is 10.6 Å². The van der Waals surface area contributed by atoms with Gasteiger partial charge in [-0.05, 0) is 12.8 Å². The third-order valence-corrected chi connectivity index (χ3v) is 4.60. The van der Waals surface area contributed by atoms with Gasteiger partial charge in [-0.2, -0.15) is 0 Å². The fourth-order valence-corrected chi connectivity index (χ4v) is 3.30. The van der Waals surface area contributed by atoms with Crippen molar-refractivity contribution in [2.45, 2.75) is 44.6 Å². The van der Waals surface area contributed by atoms with Gasteiger partial charge in [0.2, 0.25) is 5.91 Å². The van der Waals surface area contributed by atoms with Crippen molar-refractivity contribution >= 4 is 23.2 Å². The Morgan fingerprint density at radius 2 is 1.74 bits per heavy atom. The minimum absolute atomic E-state index is 0.00264. The Morgan fingerprint density at radius 3 is 2.43 bits per heavy atom. The number of fused-ring (bicyclic) bond motifs is 1. The largest absolute Gasteiger partial charge is 0.486 e. The van der Waals surface area contributed by atoms with E-state index in [1.54, 1.807) is 12.1 Å². The molecule has 0 saturated heterocycles. The minimum atomic E-state index is 0.00264. The Balaban J connectivity index is 1.54. The van der Waals surface area contributed by atoms with Gasteiger partial charge in [0.15, 0.2) is 11.5 Å². The van der Waals surface area contributed by atoms with Crippen LogP contribution in [0.1, 0.15) is 38.5 Å². The van der Waals surface area contributed by atoms with Crippen LogP contribution >= 0.6 is 11.6 Å². The topological polar surface area (TPSA) is 59.6 Å². The van der Waals surface area contributed by atoms with Crippen molar-refractivity contribution < 1.29 is 14.3 Å². The first-order chi connectivity index (χ1) is 11.2. The predicted octanol–water partition coefficient (Wildman–Crippen LogP) is 3.36. The lowest BCUT2D eigenvalue weighted by molar-refractivity contribution is -0.120. The Bertz CT molecular complexity index is 557. The maximum Gasteiger partial charge on any atom is 0.239 e. The number of carbonyl (C=O) groups excluding carboxylic acids is 1. The maximum atomic E-state index is 12.1. The molecule has 1 aliphatic carbocycles. The number of halogens is 1. The number of amides is 1. The fourth-order valence-electron chi connectivity index (χ4n) is 3.08. The summed E-state index contributed by atoms with van der Waals surface area (Å²) in [5.74, 6) is 1.31. The Kier molecular flexibility index (Phi) is 5.49. The third-order valence-electron chi connectivity index (χ3n) is 4.29. The first-order valence-corrected chi connectivity index (χ1v) is 8.72. The average molecular weight is 339 g/mol. The zero-order valence-electron chi connectivity index (χ0n) is 13.2. The van der Waals surface area contributed by atoms with E-state index >= 15 is 0 Å². The fraction of sp³-hybridized carbons (Fsp3) is 0.588. The van der Waals surface area contributed by atoms with Crippen LogP contribution in [0.2, 0.25) is 5.02 Å². The molecular weight excluding hydrogens is 316 g/mol. The molecule has 1 aliphatic heterocycles. The van der Waals surface area contributed by atoms with Gasteiger partial charge in [-0.1, -0.05) is 37.3 Å². The smallest absolute Gasteiger partial charge is 0.239 e. The van der Waals surface area contributed by atoms with Crippen molar-refractivity contribution in [2.75, 3.05) is 25.1 Å². The van der Waals surface area contributed by atoms with E-state index in [0.717, 1.165) is 12.8 Å². The zero-order valence-corrected chi connectivity index (χ0v) is 14.0. The molecule has 6 heteroatoms. The number of rotatable bonds is 4. The Labute approximate surface area is 141 Å². The number of hydrogen-bond donors (Lipinski definition) is 2. The molecule has 1 aromatic rings. The lowest BCUT2D eigenvalue weighted by atomic mass is 10.1. The minimum Gasteiger partial charge on any atom is -0.486 e. The van der Waals surface area contributed by atoms with Crippen LogP contribution in [-0.2, 0) is 4.79 Å². The molecule has 2 aliphatic rings. The van der Waals surface area contributed by atoms with Crippen molar-refractivity contribution in [3.05, 3.63) is 17.2 Å². The number of nitrogens with one attached hydrogen (secondary N) is 2. The van der Waals surface area contributed by atoms with Gasteiger partial charge in [0.25, 0.3) is 0 Å². The molecule has 1 aromatic carbocycles. The lowest BCUT2D eigenvalue weighted by Gasteiger charge is -2.20. The summed E-state index contributed by atoms with van der Waals surface area (Å²) >= 11 is 6.23. The van der Waals surface area contributed by atoms with E-state index in [1.165, 1.54) is 25.7 Å². The summed E-state index contributed by atoms with van der Waals surface area (Å²) in [6.45, 7) is 1.26. The summed E-state index contributed by atoms with van der Waals surface area (Å²) in [6, 6.07) is 3.82. The molecule has 1 saturated carbocycles. The molecule has 23 heavy (non-hydrogen) atoms. The summed E-state index contributed by atoms with van der Waals surface area (Å²) < 4.78 is 11.0. The molecule has 0 atom stereocenters. The number of hydrogen-bond acceptors (Lipinski definition) is 4. The second kappa shape index (κ2) is 7.77. The van der Waals surface area contributed by atoms with Gasteiger partial charge in [-0.3, -0.25) is 4.79 Å². The van der Waals surface area contributed by atoms with E-state index in [4.69, 9.17) is 21.1 Å². The Hall–Kier alpha value is -1.62. The van der Waals surface area contributed by atoms with E-state index in [0.29, 0.717) is 41.5 Å². The van der Waals surface area contributed by atoms with Gasteiger partial charge < -0.3 is 20.1 Å². The van der Waals surface area contributed by atoms with Crippen molar-refractivity contribution in [2.24, 2.45) is 0 Å². The molecule has 126 valence electrons. The summed E-state index contributed by atoms with van der Waals surface area (Å²) in [4.78, 5) is 12.1. The van der Waals surface area contributed by atoms with E-state index < -0.39 is 0 Å². The highest BCUT2D eigenvalue weighted by Gasteiger charge is 2.17. The molecule has 0 aromatic heterocycles. The second-order valence-corrected chi connectivity index (χ2v) is 6.49. The van der Waals surface area contributed by atoms with Crippen molar-refractivity contribution in [1.82, 2.24) is 5.32 Å². The highest BCUT2D eigenvalue weighted by atomic mass is 35.5. The molecule has 2 N–H and O–H groups in total. The molecule has 0 bridgehead atoms. The van der Waals surface area contributed by atoms with Crippen LogP contribution in [0.15, 0.2) is 12.1 Å². The summed E-state index contributed by atoms with van der Waals surface area (Å²) in [6.07, 6.45) is 7.11. The van der Waals surface area contributed by atoms with Gasteiger partial charge in [0.1, 0.15) is 13.2 Å². The molecule has 0 unspecified atom stereocenters. The van der Waals surface area contributed by atoms with Gasteiger partial charge in [-0.25, -0.2) is 0 Å². The van der Waals surface area contributed by atoms with Crippen LogP contribution in [0.5, 0.6) is 11.5 Å². The molecule has 3 rings (SSSR count). The normalized spacial score (nSPS) is 18.1. The maximum absolute atomic E-state index is 12.1. The highest BCUT2D eigenvalue weighted by molar-refractivity contribution is 6.33. The van der Waals surface area contributed by atoms with Crippen LogP contribution in [0, 0.1) is 0 Å². The van der Waals surface area contributed by atoms with Crippen LogP contribution in [0.25, 0.3) is 0 Å². The Morgan fingerprint density at radius 1 is 1.09 bits per heavy atom. The monoisotopic (exact) mass is 338 g/mol. The van der Waals surface area contributed by atoms with Crippen LogP contribution < -0.4 is 20.1 Å².